The van der Waals surface area contributed by atoms with Gasteiger partial charge in [0.1, 0.15) is 0 Å². The van der Waals surface area contributed by atoms with Crippen LogP contribution in [0.3, 0.4) is 0 Å². The lowest BCUT2D eigenvalue weighted by molar-refractivity contribution is -0.267. The molecule has 1 aliphatic carbocycles. The summed E-state index contributed by atoms with van der Waals surface area (Å²) < 4.78 is 42.9. The molecule has 2 atom stereocenters. The second kappa shape index (κ2) is 7.38. The molecule has 0 saturated carbocycles. The van der Waals surface area contributed by atoms with E-state index in [2.05, 4.69) is 11.1 Å². The third kappa shape index (κ3) is 3.71. The average Bonchev–Trinajstić information content (AvgIpc) is 2.67. The molecule has 1 aliphatic rings. The van der Waals surface area contributed by atoms with E-state index in [0.29, 0.717) is 22.9 Å². The van der Waals surface area contributed by atoms with Crippen molar-refractivity contribution in [2.45, 2.75) is 63.1 Å². The molecule has 158 valence electrons. The largest absolute Gasteiger partial charge is 0.417 e. The quantitative estimate of drug-likeness (QED) is 0.564. The van der Waals surface area contributed by atoms with Crippen molar-refractivity contribution < 1.29 is 18.3 Å². The highest BCUT2D eigenvalue weighted by Crippen LogP contribution is 2.48. The Labute approximate surface area is 174 Å². The first-order valence-corrected chi connectivity index (χ1v) is 10.3. The molecule has 2 unspecified atom stereocenters. The van der Waals surface area contributed by atoms with Gasteiger partial charge < -0.3 is 5.11 Å². The van der Waals surface area contributed by atoms with Gasteiger partial charge in [0.15, 0.2) is 5.60 Å². The van der Waals surface area contributed by atoms with Crippen LogP contribution in [0.4, 0.5) is 13.2 Å². The van der Waals surface area contributed by atoms with Crippen molar-refractivity contribution in [2.75, 3.05) is 0 Å². The number of aliphatic hydroxyl groups is 1. The molecule has 0 radical (unpaired) electrons. The summed E-state index contributed by atoms with van der Waals surface area (Å²) in [5, 5.41) is 11.8. The topological polar surface area (TPSA) is 33.1 Å². The number of nitrogens with zero attached hydrogens (tertiary/aromatic N) is 1. The van der Waals surface area contributed by atoms with Crippen LogP contribution in [0.1, 0.15) is 48.4 Å². The van der Waals surface area contributed by atoms with E-state index in [4.69, 9.17) is 0 Å². The number of hydrogen-bond acceptors (Lipinski definition) is 2. The third-order valence-corrected chi connectivity index (χ3v) is 6.52. The fraction of sp³-hybridized carbons (Fsp3) is 0.400. The van der Waals surface area contributed by atoms with Gasteiger partial charge in [-0.15, -0.1) is 0 Å². The minimum absolute atomic E-state index is 0.365. The third-order valence-electron chi connectivity index (χ3n) is 6.52. The van der Waals surface area contributed by atoms with Crippen LogP contribution < -0.4 is 0 Å². The number of rotatable bonds is 4. The summed E-state index contributed by atoms with van der Waals surface area (Å²) >= 11 is 0. The van der Waals surface area contributed by atoms with Crippen LogP contribution in [0.5, 0.6) is 0 Å². The molecule has 2 nitrogen and oxygen atoms in total. The van der Waals surface area contributed by atoms with Crippen LogP contribution in [0.15, 0.2) is 54.7 Å². The Morgan fingerprint density at radius 3 is 2.63 bits per heavy atom. The smallest absolute Gasteiger partial charge is 0.380 e. The molecule has 0 aliphatic heterocycles. The van der Waals surface area contributed by atoms with E-state index in [-0.39, 0.29) is 6.42 Å². The fourth-order valence-electron chi connectivity index (χ4n) is 5.04. The number of hydrogen-bond donors (Lipinski definition) is 1. The maximum atomic E-state index is 14.3. The summed E-state index contributed by atoms with van der Waals surface area (Å²) in [6.45, 7) is 3.86. The van der Waals surface area contributed by atoms with E-state index in [9.17, 15) is 18.3 Å². The number of pyridine rings is 1. The van der Waals surface area contributed by atoms with E-state index in [0.717, 1.165) is 29.5 Å². The Kier molecular flexibility index (Phi) is 5.13. The van der Waals surface area contributed by atoms with Gasteiger partial charge in [0, 0.05) is 18.0 Å². The molecule has 0 fully saturated rings. The number of aryl methyl sites for hydroxylation is 2. The summed E-state index contributed by atoms with van der Waals surface area (Å²) in [7, 11) is 0. The van der Waals surface area contributed by atoms with E-state index >= 15 is 0 Å². The van der Waals surface area contributed by atoms with Crippen LogP contribution in [0.2, 0.25) is 0 Å². The summed E-state index contributed by atoms with van der Waals surface area (Å²) in [4.78, 5) is 4.24. The summed E-state index contributed by atoms with van der Waals surface area (Å²) in [5.41, 5.74) is 0.657. The first kappa shape index (κ1) is 20.9. The number of halogens is 3. The summed E-state index contributed by atoms with van der Waals surface area (Å²) in [6.07, 6.45) is -1.78. The van der Waals surface area contributed by atoms with Crippen molar-refractivity contribution in [3.05, 3.63) is 77.0 Å². The van der Waals surface area contributed by atoms with Crippen LogP contribution in [0, 0.1) is 6.92 Å². The Hall–Kier alpha value is -2.40. The van der Waals surface area contributed by atoms with E-state index < -0.39 is 23.6 Å². The van der Waals surface area contributed by atoms with Gasteiger partial charge >= 0.3 is 6.18 Å². The highest BCUT2D eigenvalue weighted by atomic mass is 19.4. The number of alkyl halides is 3. The Bertz CT molecular complexity index is 1070. The number of benzene rings is 2. The number of fused-ring (bicyclic) bond motifs is 2. The average molecular weight is 413 g/mol. The monoisotopic (exact) mass is 413 g/mol. The summed E-state index contributed by atoms with van der Waals surface area (Å²) in [5.74, 6) is 0. The zero-order valence-corrected chi connectivity index (χ0v) is 17.3. The lowest BCUT2D eigenvalue weighted by Gasteiger charge is -2.43. The van der Waals surface area contributed by atoms with Crippen molar-refractivity contribution in [3.8, 4) is 0 Å². The number of aromatic nitrogens is 1. The molecule has 5 heteroatoms. The van der Waals surface area contributed by atoms with Gasteiger partial charge in [0.25, 0.3) is 0 Å². The first-order chi connectivity index (χ1) is 14.1. The molecular weight excluding hydrogens is 387 g/mol. The van der Waals surface area contributed by atoms with E-state index in [1.165, 1.54) is 6.20 Å². The molecule has 3 aromatic rings. The highest BCUT2D eigenvalue weighted by molar-refractivity contribution is 5.81. The van der Waals surface area contributed by atoms with Crippen molar-refractivity contribution >= 4 is 10.9 Å². The molecule has 1 aromatic heterocycles. The minimum atomic E-state index is -4.75. The Morgan fingerprint density at radius 1 is 1.10 bits per heavy atom. The molecule has 2 aromatic carbocycles. The first-order valence-electron chi connectivity index (χ1n) is 10.3. The molecule has 30 heavy (non-hydrogen) atoms. The normalized spacial score (nSPS) is 21.3. The molecular formula is C25H26F3NO. The van der Waals surface area contributed by atoms with Gasteiger partial charge in [0.2, 0.25) is 0 Å². The van der Waals surface area contributed by atoms with Gasteiger partial charge in [-0.05, 0) is 66.8 Å². The molecule has 1 N–H and O–H groups in total. The van der Waals surface area contributed by atoms with Gasteiger partial charge in [-0.25, -0.2) is 0 Å². The molecule has 0 saturated heterocycles. The van der Waals surface area contributed by atoms with Crippen LogP contribution >= 0.6 is 0 Å². The van der Waals surface area contributed by atoms with Crippen molar-refractivity contribution in [1.29, 1.82) is 0 Å². The van der Waals surface area contributed by atoms with E-state index in [1.54, 1.807) is 30.3 Å². The van der Waals surface area contributed by atoms with Gasteiger partial charge in [-0.2, -0.15) is 13.2 Å². The highest BCUT2D eigenvalue weighted by Gasteiger charge is 2.57. The van der Waals surface area contributed by atoms with Crippen molar-refractivity contribution in [1.82, 2.24) is 4.98 Å². The summed E-state index contributed by atoms with van der Waals surface area (Å²) in [6, 6.07) is 14.7. The molecule has 0 bridgehead atoms. The van der Waals surface area contributed by atoms with E-state index in [1.807, 2.05) is 26.0 Å². The van der Waals surface area contributed by atoms with Gasteiger partial charge in [-0.1, -0.05) is 48.9 Å². The second-order valence-electron chi connectivity index (χ2n) is 8.94. The number of para-hydroxylation sites is 1. The van der Waals surface area contributed by atoms with Crippen LogP contribution in [0.25, 0.3) is 10.9 Å². The lowest BCUT2D eigenvalue weighted by Crippen LogP contribution is -2.52. The van der Waals surface area contributed by atoms with Gasteiger partial charge in [0.05, 0.1) is 5.52 Å². The standard InChI is InChI=1S/C25H26F3NO/c1-17-9-10-21-18(14-17)6-5-12-23(21,2)16-24(30,25(26,27)28)15-19-11-13-29-22-8-4-3-7-20(19)22/h3-4,7-11,13-14,30H,5-6,12,15-16H2,1-2H3. The zero-order chi connectivity index (χ0) is 21.6. The molecule has 0 spiro atoms. The second-order valence-corrected chi connectivity index (χ2v) is 8.94. The predicted molar refractivity (Wildman–Crippen MR) is 113 cm³/mol. The lowest BCUT2D eigenvalue weighted by atomic mass is 9.65. The van der Waals surface area contributed by atoms with Crippen molar-refractivity contribution in [2.24, 2.45) is 0 Å². The molecule has 0 amide bonds. The minimum Gasteiger partial charge on any atom is -0.380 e. The molecule has 1 heterocycles. The zero-order valence-electron chi connectivity index (χ0n) is 17.3. The Morgan fingerprint density at radius 2 is 1.87 bits per heavy atom. The SMILES string of the molecule is Cc1ccc2c(c1)CCCC2(C)CC(O)(Cc1ccnc2ccccc12)C(F)(F)F. The van der Waals surface area contributed by atoms with Crippen LogP contribution in [-0.4, -0.2) is 21.9 Å². The maximum absolute atomic E-state index is 14.3. The maximum Gasteiger partial charge on any atom is 0.417 e. The predicted octanol–water partition coefficient (Wildman–Crippen LogP) is 6.06. The van der Waals surface area contributed by atoms with Crippen LogP contribution in [-0.2, 0) is 18.3 Å². The van der Waals surface area contributed by atoms with Crippen molar-refractivity contribution in [3.63, 3.8) is 0 Å². The molecule has 4 rings (SSSR count). The fourth-order valence-corrected chi connectivity index (χ4v) is 5.04. The van der Waals surface area contributed by atoms with Gasteiger partial charge in [-0.3, -0.25) is 4.98 Å². The Balaban J connectivity index is 1.75.